The lowest BCUT2D eigenvalue weighted by atomic mass is 10.1. The Morgan fingerprint density at radius 2 is 1.89 bits per heavy atom. The van der Waals surface area contributed by atoms with Crippen molar-refractivity contribution in [3.63, 3.8) is 0 Å². The molecule has 0 spiro atoms. The van der Waals surface area contributed by atoms with E-state index in [0.29, 0.717) is 43.4 Å². The molecule has 146 valence electrons. The summed E-state index contributed by atoms with van der Waals surface area (Å²) in [5.41, 5.74) is 1.69. The number of nitrogens with zero attached hydrogens (tertiary/aromatic N) is 3. The van der Waals surface area contributed by atoms with Crippen LogP contribution in [0.15, 0.2) is 42.5 Å². The molecule has 1 unspecified atom stereocenters. The number of amides is 1. The van der Waals surface area contributed by atoms with Crippen molar-refractivity contribution in [2.75, 3.05) is 37.6 Å². The van der Waals surface area contributed by atoms with E-state index in [9.17, 15) is 14.4 Å². The van der Waals surface area contributed by atoms with Crippen LogP contribution < -0.4 is 10.2 Å². The highest BCUT2D eigenvalue weighted by Gasteiger charge is 2.22. The molecule has 7 heteroatoms. The number of nitriles is 1. The highest BCUT2D eigenvalue weighted by atomic mass is 35.5. The third-order valence-electron chi connectivity index (χ3n) is 4.93. The Balaban J connectivity index is 1.52. The van der Waals surface area contributed by atoms with Crippen molar-refractivity contribution < 1.29 is 9.18 Å². The van der Waals surface area contributed by atoms with Gasteiger partial charge in [-0.3, -0.25) is 9.69 Å². The van der Waals surface area contributed by atoms with Crippen molar-refractivity contribution in [3.8, 4) is 6.07 Å². The average Bonchev–Trinajstić information content (AvgIpc) is 2.68. The van der Waals surface area contributed by atoms with E-state index < -0.39 is 5.82 Å². The molecule has 28 heavy (non-hydrogen) atoms. The Labute approximate surface area is 169 Å². The van der Waals surface area contributed by atoms with Gasteiger partial charge in [0.15, 0.2) is 0 Å². The fraction of sp³-hybridized carbons (Fsp3) is 0.333. The van der Waals surface area contributed by atoms with Crippen molar-refractivity contribution in [2.24, 2.45) is 0 Å². The van der Waals surface area contributed by atoms with Gasteiger partial charge in [-0.15, -0.1) is 0 Å². The fourth-order valence-electron chi connectivity index (χ4n) is 3.36. The maximum atomic E-state index is 13.8. The highest BCUT2D eigenvalue weighted by Crippen LogP contribution is 2.23. The number of benzene rings is 2. The molecule has 1 fully saturated rings. The molecule has 1 aliphatic heterocycles. The first-order chi connectivity index (χ1) is 13.5. The molecular formula is C21H22ClFN4O. The summed E-state index contributed by atoms with van der Waals surface area (Å²) in [5, 5.41) is 12.9. The maximum Gasteiger partial charge on any atom is 0.234 e. The van der Waals surface area contributed by atoms with Crippen molar-refractivity contribution in [2.45, 2.75) is 13.0 Å². The molecule has 5 nitrogen and oxygen atoms in total. The zero-order valence-electron chi connectivity index (χ0n) is 15.7. The predicted octanol–water partition coefficient (Wildman–Crippen LogP) is 3.35. The second kappa shape index (κ2) is 9.05. The Morgan fingerprint density at radius 3 is 2.54 bits per heavy atom. The number of anilines is 1. The lowest BCUT2D eigenvalue weighted by Gasteiger charge is -2.36. The Morgan fingerprint density at radius 1 is 1.21 bits per heavy atom. The van der Waals surface area contributed by atoms with Gasteiger partial charge in [-0.05, 0) is 36.8 Å². The molecule has 1 heterocycles. The number of halogens is 2. The third kappa shape index (κ3) is 4.80. The number of hydrogen-bond acceptors (Lipinski definition) is 4. The molecule has 0 bridgehead atoms. The van der Waals surface area contributed by atoms with Gasteiger partial charge < -0.3 is 10.2 Å². The van der Waals surface area contributed by atoms with Gasteiger partial charge in [0.25, 0.3) is 0 Å². The van der Waals surface area contributed by atoms with Crippen LogP contribution in [-0.4, -0.2) is 43.5 Å². The van der Waals surface area contributed by atoms with Gasteiger partial charge in [0.05, 0.1) is 18.3 Å². The van der Waals surface area contributed by atoms with E-state index in [4.69, 9.17) is 11.6 Å². The Hall–Kier alpha value is -2.62. The van der Waals surface area contributed by atoms with Crippen LogP contribution in [0.1, 0.15) is 24.1 Å². The molecule has 1 atom stereocenters. The lowest BCUT2D eigenvalue weighted by Crippen LogP contribution is -2.49. The Kier molecular flexibility index (Phi) is 6.50. The minimum atomic E-state index is -0.502. The minimum Gasteiger partial charge on any atom is -0.368 e. The van der Waals surface area contributed by atoms with Crippen LogP contribution >= 0.6 is 11.6 Å². The smallest absolute Gasteiger partial charge is 0.234 e. The Bertz CT molecular complexity index is 873. The predicted molar refractivity (Wildman–Crippen MR) is 108 cm³/mol. The number of piperazine rings is 1. The highest BCUT2D eigenvalue weighted by molar-refractivity contribution is 6.30. The monoisotopic (exact) mass is 400 g/mol. The number of rotatable bonds is 5. The van der Waals surface area contributed by atoms with Gasteiger partial charge in [-0.2, -0.15) is 5.26 Å². The molecule has 1 saturated heterocycles. The first-order valence-electron chi connectivity index (χ1n) is 9.18. The summed E-state index contributed by atoms with van der Waals surface area (Å²) in [6, 6.07) is 13.9. The summed E-state index contributed by atoms with van der Waals surface area (Å²) in [7, 11) is 0. The third-order valence-corrected chi connectivity index (χ3v) is 5.18. The first-order valence-corrected chi connectivity index (χ1v) is 9.56. The quantitative estimate of drug-likeness (QED) is 0.836. The van der Waals surface area contributed by atoms with Gasteiger partial charge in [0.2, 0.25) is 5.91 Å². The van der Waals surface area contributed by atoms with E-state index in [1.165, 1.54) is 6.07 Å². The van der Waals surface area contributed by atoms with Crippen LogP contribution in [0, 0.1) is 17.1 Å². The van der Waals surface area contributed by atoms with Gasteiger partial charge in [-0.25, -0.2) is 4.39 Å². The van der Waals surface area contributed by atoms with Crippen molar-refractivity contribution >= 4 is 23.2 Å². The molecular weight excluding hydrogens is 379 g/mol. The summed E-state index contributed by atoms with van der Waals surface area (Å²) in [4.78, 5) is 16.4. The van der Waals surface area contributed by atoms with Crippen LogP contribution in [0.2, 0.25) is 5.02 Å². The molecule has 0 saturated carbocycles. The molecule has 3 rings (SSSR count). The molecule has 0 aromatic heterocycles. The first kappa shape index (κ1) is 20.1. The van der Waals surface area contributed by atoms with Gasteiger partial charge in [0.1, 0.15) is 17.4 Å². The van der Waals surface area contributed by atoms with Gasteiger partial charge >= 0.3 is 0 Å². The summed E-state index contributed by atoms with van der Waals surface area (Å²) < 4.78 is 13.8. The zero-order chi connectivity index (χ0) is 20.1. The SMILES string of the molecule is CC(NC(=O)CN1CCN(c2cccc(F)c2C#N)CC1)c1ccc(Cl)cc1. The van der Waals surface area contributed by atoms with E-state index in [1.54, 1.807) is 24.3 Å². The summed E-state index contributed by atoms with van der Waals surface area (Å²) in [6.45, 7) is 4.86. The number of hydrogen-bond donors (Lipinski definition) is 1. The number of carbonyl (C=O) groups excluding carboxylic acids is 1. The molecule has 2 aromatic carbocycles. The van der Waals surface area contributed by atoms with Crippen molar-refractivity contribution in [1.29, 1.82) is 5.26 Å². The maximum absolute atomic E-state index is 13.8. The molecule has 0 radical (unpaired) electrons. The average molecular weight is 401 g/mol. The van der Waals surface area contributed by atoms with Crippen LogP contribution in [-0.2, 0) is 4.79 Å². The zero-order valence-corrected chi connectivity index (χ0v) is 16.4. The van der Waals surface area contributed by atoms with Crippen molar-refractivity contribution in [3.05, 3.63) is 64.4 Å². The normalized spacial score (nSPS) is 15.7. The second-order valence-electron chi connectivity index (χ2n) is 6.85. The molecule has 2 aromatic rings. The summed E-state index contributed by atoms with van der Waals surface area (Å²) >= 11 is 5.90. The van der Waals surface area contributed by atoms with Gasteiger partial charge in [0, 0.05) is 31.2 Å². The molecule has 1 N–H and O–H groups in total. The lowest BCUT2D eigenvalue weighted by molar-refractivity contribution is -0.123. The van der Waals surface area contributed by atoms with Crippen LogP contribution in [0.3, 0.4) is 0 Å². The minimum absolute atomic E-state index is 0.0423. The van der Waals surface area contributed by atoms with Crippen LogP contribution in [0.5, 0.6) is 0 Å². The van der Waals surface area contributed by atoms with E-state index in [1.807, 2.05) is 30.0 Å². The second-order valence-corrected chi connectivity index (χ2v) is 7.29. The van der Waals surface area contributed by atoms with Crippen molar-refractivity contribution in [1.82, 2.24) is 10.2 Å². The summed E-state index contributed by atoms with van der Waals surface area (Å²) in [5.74, 6) is -0.544. The molecule has 1 aliphatic rings. The number of nitrogens with one attached hydrogen (secondary N) is 1. The van der Waals surface area contributed by atoms with E-state index in [2.05, 4.69) is 10.2 Å². The standard InChI is InChI=1S/C21H22ClFN4O/c1-15(16-5-7-17(22)8-6-16)25-21(28)14-26-9-11-27(12-10-26)20-4-2-3-19(23)18(20)13-24/h2-8,15H,9-12,14H2,1H3,(H,25,28). The van der Waals surface area contributed by atoms with E-state index >= 15 is 0 Å². The fourth-order valence-corrected chi connectivity index (χ4v) is 3.48. The van der Waals surface area contributed by atoms with Crippen LogP contribution in [0.4, 0.5) is 10.1 Å². The largest absolute Gasteiger partial charge is 0.368 e. The molecule has 0 aliphatic carbocycles. The topological polar surface area (TPSA) is 59.4 Å². The van der Waals surface area contributed by atoms with E-state index in [0.717, 1.165) is 5.56 Å². The summed E-state index contributed by atoms with van der Waals surface area (Å²) in [6.07, 6.45) is 0. The molecule has 1 amide bonds. The van der Waals surface area contributed by atoms with Gasteiger partial charge in [-0.1, -0.05) is 29.8 Å². The number of carbonyl (C=O) groups is 1. The van der Waals surface area contributed by atoms with Crippen LogP contribution in [0.25, 0.3) is 0 Å². The van der Waals surface area contributed by atoms with E-state index in [-0.39, 0.29) is 17.5 Å².